The van der Waals surface area contributed by atoms with E-state index in [4.69, 9.17) is 0 Å². The Bertz CT molecular complexity index is 226. The van der Waals surface area contributed by atoms with E-state index in [1.54, 1.807) is 10.4 Å². The summed E-state index contributed by atoms with van der Waals surface area (Å²) in [4.78, 5) is 0. The molecule has 0 radical (unpaired) electrons. The van der Waals surface area contributed by atoms with Gasteiger partial charge >= 0.3 is 0 Å². The SMILES string of the molecule is C=[SiH]C(=C(C)C)C([SiH2]C)=C(C)C. The Morgan fingerprint density at radius 1 is 1.08 bits per heavy atom. The van der Waals surface area contributed by atoms with E-state index in [0.29, 0.717) is 0 Å². The molecule has 0 amide bonds. The van der Waals surface area contributed by atoms with Crippen LogP contribution in [0.3, 0.4) is 0 Å². The summed E-state index contributed by atoms with van der Waals surface area (Å²) >= 11 is 0. The molecule has 0 rings (SSSR count). The summed E-state index contributed by atoms with van der Waals surface area (Å²) in [5.41, 5.74) is 2.99. The zero-order chi connectivity index (χ0) is 9.72. The molecule has 0 aliphatic rings. The molecule has 2 heteroatoms. The van der Waals surface area contributed by atoms with Gasteiger partial charge in [0, 0.05) is 9.13 Å². The summed E-state index contributed by atoms with van der Waals surface area (Å²) in [6.07, 6.45) is 4.07. The van der Waals surface area contributed by atoms with Crippen LogP contribution in [0.4, 0.5) is 0 Å². The highest BCUT2D eigenvalue weighted by Crippen LogP contribution is 2.14. The molecule has 0 spiro atoms. The smallest absolute Gasteiger partial charge is 0.0518 e. The fourth-order valence-corrected chi connectivity index (χ4v) is 4.87. The monoisotopic (exact) mass is 196 g/mol. The molecule has 0 aromatic heterocycles. The molecular weight excluding hydrogens is 176 g/mol. The molecule has 0 atom stereocenters. The lowest BCUT2D eigenvalue weighted by atomic mass is 10.2. The van der Waals surface area contributed by atoms with Gasteiger partial charge < -0.3 is 0 Å². The van der Waals surface area contributed by atoms with Gasteiger partial charge in [-0.15, -0.1) is 6.17 Å². The lowest BCUT2D eigenvalue weighted by Crippen LogP contribution is -2.03. The Balaban J connectivity index is 5.12. The van der Waals surface area contributed by atoms with Crippen LogP contribution in [0.2, 0.25) is 6.55 Å². The van der Waals surface area contributed by atoms with E-state index in [2.05, 4.69) is 40.4 Å². The second-order valence-electron chi connectivity index (χ2n) is 3.45. The summed E-state index contributed by atoms with van der Waals surface area (Å²) in [6, 6.07) is 0. The summed E-state index contributed by atoms with van der Waals surface area (Å²) < 4.78 is 0. The van der Waals surface area contributed by atoms with E-state index in [1.165, 1.54) is 11.1 Å². The average molecular weight is 196 g/mol. The molecule has 0 aromatic rings. The van der Waals surface area contributed by atoms with Gasteiger partial charge in [0.15, 0.2) is 0 Å². The Labute approximate surface area is 81.0 Å². The minimum Gasteiger partial charge on any atom is -0.117 e. The average Bonchev–Trinajstić information content (AvgIpc) is 1.98. The molecule has 0 bridgehead atoms. The van der Waals surface area contributed by atoms with Crippen LogP contribution < -0.4 is 0 Å². The van der Waals surface area contributed by atoms with Gasteiger partial charge in [-0.05, 0) is 32.9 Å². The molecule has 0 nitrogen and oxygen atoms in total. The van der Waals surface area contributed by atoms with Crippen molar-refractivity contribution in [2.24, 2.45) is 0 Å². The topological polar surface area (TPSA) is 0 Å². The van der Waals surface area contributed by atoms with Crippen LogP contribution in [0.25, 0.3) is 0 Å². The van der Waals surface area contributed by atoms with Crippen LogP contribution in [0.5, 0.6) is 0 Å². The van der Waals surface area contributed by atoms with Crippen molar-refractivity contribution < 1.29 is 0 Å². The first-order valence-corrected chi connectivity index (χ1v) is 8.02. The molecule has 12 heavy (non-hydrogen) atoms. The van der Waals surface area contributed by atoms with Gasteiger partial charge in [0.1, 0.15) is 0 Å². The quantitative estimate of drug-likeness (QED) is 0.476. The Kier molecular flexibility index (Phi) is 5.34. The molecule has 0 unspecified atom stereocenters. The molecular formula is C10H20Si2. The van der Waals surface area contributed by atoms with E-state index < -0.39 is 0 Å². The Hall–Kier alpha value is -0.216. The van der Waals surface area contributed by atoms with Gasteiger partial charge in [-0.2, -0.15) is 0 Å². The van der Waals surface area contributed by atoms with Crippen molar-refractivity contribution in [1.29, 1.82) is 0 Å². The van der Waals surface area contributed by atoms with Gasteiger partial charge in [-0.3, -0.25) is 0 Å². The number of hydrogen-bond acceptors (Lipinski definition) is 0. The molecule has 0 aromatic carbocycles. The first-order valence-electron chi connectivity index (χ1n) is 4.51. The summed E-state index contributed by atoms with van der Waals surface area (Å²) in [7, 11) is 0.233. The van der Waals surface area contributed by atoms with Crippen molar-refractivity contribution in [3.63, 3.8) is 0 Å². The van der Waals surface area contributed by atoms with Crippen LogP contribution in [0.1, 0.15) is 27.7 Å². The Morgan fingerprint density at radius 3 is 1.67 bits per heavy atom. The highest BCUT2D eigenvalue weighted by atomic mass is 28.2. The third kappa shape index (κ3) is 3.03. The van der Waals surface area contributed by atoms with Crippen LogP contribution in [-0.2, 0) is 0 Å². The normalized spacial score (nSPS) is 10.1. The third-order valence-corrected chi connectivity index (χ3v) is 5.56. The molecule has 0 aliphatic carbocycles. The second-order valence-corrected chi connectivity index (χ2v) is 5.85. The van der Waals surface area contributed by atoms with Crippen LogP contribution >= 0.6 is 0 Å². The standard InChI is InChI=1S/C10H20Si2/c1-7(2)9(11-5)10(12-6)8(3)4/h11H,5,12H2,1-4,6H3. The van der Waals surface area contributed by atoms with Crippen molar-refractivity contribution in [1.82, 2.24) is 0 Å². The minimum absolute atomic E-state index is 0.0181. The number of allylic oxidation sites excluding steroid dienone is 4. The number of rotatable bonds is 3. The van der Waals surface area contributed by atoms with Gasteiger partial charge in [-0.1, -0.05) is 22.9 Å². The first-order chi connectivity index (χ1) is 5.54. The summed E-state index contributed by atoms with van der Waals surface area (Å²) in [5, 5.41) is 3.25. The fraction of sp³-hybridized carbons (Fsp3) is 0.500. The second kappa shape index (κ2) is 5.43. The third-order valence-electron chi connectivity index (χ3n) is 2.03. The fourth-order valence-electron chi connectivity index (χ4n) is 1.44. The van der Waals surface area contributed by atoms with Crippen molar-refractivity contribution >= 4 is 24.8 Å². The number of hydrogen-bond donors (Lipinski definition) is 0. The molecule has 0 N–H and O–H groups in total. The maximum Gasteiger partial charge on any atom is 0.0518 e. The van der Waals surface area contributed by atoms with E-state index in [0.717, 1.165) is 0 Å². The van der Waals surface area contributed by atoms with Crippen molar-refractivity contribution in [3.05, 3.63) is 21.5 Å². The van der Waals surface area contributed by atoms with Gasteiger partial charge in [0.25, 0.3) is 0 Å². The van der Waals surface area contributed by atoms with Crippen LogP contribution in [0.15, 0.2) is 21.5 Å². The van der Waals surface area contributed by atoms with Crippen molar-refractivity contribution in [3.8, 4) is 0 Å². The predicted octanol–water partition coefficient (Wildman–Crippen LogP) is 1.66. The van der Waals surface area contributed by atoms with Gasteiger partial charge in [-0.25, -0.2) is 0 Å². The molecule has 0 aliphatic heterocycles. The largest absolute Gasteiger partial charge is 0.117 e. The van der Waals surface area contributed by atoms with E-state index in [-0.39, 0.29) is 18.7 Å². The summed E-state index contributed by atoms with van der Waals surface area (Å²) in [5.74, 6) is 0. The Morgan fingerprint density at radius 2 is 1.58 bits per heavy atom. The lowest BCUT2D eigenvalue weighted by molar-refractivity contribution is 1.31. The maximum atomic E-state index is 4.07. The van der Waals surface area contributed by atoms with Gasteiger partial charge in [0.05, 0.1) is 9.52 Å². The zero-order valence-corrected chi connectivity index (χ0v) is 11.6. The van der Waals surface area contributed by atoms with Gasteiger partial charge in [0.2, 0.25) is 0 Å². The molecule has 0 saturated heterocycles. The van der Waals surface area contributed by atoms with E-state index in [1.807, 2.05) is 0 Å². The highest BCUT2D eigenvalue weighted by molar-refractivity contribution is 6.58. The molecule has 68 valence electrons. The predicted molar refractivity (Wildman–Crippen MR) is 65.4 cm³/mol. The van der Waals surface area contributed by atoms with Crippen molar-refractivity contribution in [2.75, 3.05) is 0 Å². The van der Waals surface area contributed by atoms with Crippen LogP contribution in [0, 0.1) is 0 Å². The lowest BCUT2D eigenvalue weighted by Gasteiger charge is -2.10. The minimum atomic E-state index is -0.0181. The van der Waals surface area contributed by atoms with Crippen LogP contribution in [-0.4, -0.2) is 24.8 Å². The van der Waals surface area contributed by atoms with Crippen molar-refractivity contribution in [2.45, 2.75) is 34.2 Å². The van der Waals surface area contributed by atoms with E-state index >= 15 is 0 Å². The molecule has 0 heterocycles. The zero-order valence-electron chi connectivity index (χ0n) is 8.99. The molecule has 0 saturated carbocycles. The highest BCUT2D eigenvalue weighted by Gasteiger charge is 2.02. The van der Waals surface area contributed by atoms with E-state index in [9.17, 15) is 0 Å². The maximum absolute atomic E-state index is 4.07. The molecule has 0 fully saturated rings. The first kappa shape index (κ1) is 11.8. The summed E-state index contributed by atoms with van der Waals surface area (Å²) in [6.45, 7) is 11.2.